The van der Waals surface area contributed by atoms with E-state index in [-0.39, 0.29) is 24.2 Å². The number of thiophene rings is 1. The Balaban J connectivity index is 1.16. The molecule has 1 amide bonds. The van der Waals surface area contributed by atoms with Crippen molar-refractivity contribution in [1.82, 2.24) is 19.6 Å². The number of aliphatic hydroxyl groups excluding tert-OH is 1. The van der Waals surface area contributed by atoms with Crippen molar-refractivity contribution in [3.8, 4) is 11.3 Å². The van der Waals surface area contributed by atoms with Gasteiger partial charge in [-0.1, -0.05) is 18.2 Å². The molecule has 1 atom stereocenters. The Kier molecular flexibility index (Phi) is 8.92. The highest BCUT2D eigenvalue weighted by Crippen LogP contribution is 2.41. The fourth-order valence-corrected chi connectivity index (χ4v) is 7.89. The largest absolute Gasteiger partial charge is 0.465 e. The molecule has 4 heterocycles. The molecule has 2 aliphatic rings. The maximum atomic E-state index is 13.9. The fourth-order valence-electron chi connectivity index (χ4n) is 6.66. The van der Waals surface area contributed by atoms with E-state index in [2.05, 4.69) is 4.90 Å². The van der Waals surface area contributed by atoms with Gasteiger partial charge in [0.05, 0.1) is 31.0 Å². The third kappa shape index (κ3) is 6.40. The highest BCUT2D eigenvalue weighted by molar-refractivity contribution is 7.21. The lowest BCUT2D eigenvalue weighted by molar-refractivity contribution is -0.137. The number of carbonyl (C=O) groups is 2. The number of methoxy groups -OCH3 is 1. The molecule has 0 saturated carbocycles. The summed E-state index contributed by atoms with van der Waals surface area (Å²) in [6.07, 6.45) is -3.22. The van der Waals surface area contributed by atoms with Crippen molar-refractivity contribution < 1.29 is 37.0 Å². The molecule has 2 aromatic carbocycles. The molecular formula is C33H34F4N4O4S. The van der Waals surface area contributed by atoms with Gasteiger partial charge in [0.15, 0.2) is 0 Å². The average molecular weight is 659 g/mol. The molecular weight excluding hydrogens is 624 g/mol. The van der Waals surface area contributed by atoms with E-state index in [4.69, 9.17) is 9.84 Å². The fraction of sp³-hybridized carbons (Fsp3) is 0.424. The number of fused-ring (bicyclic) bond motifs is 2. The quantitative estimate of drug-likeness (QED) is 0.198. The summed E-state index contributed by atoms with van der Waals surface area (Å²) in [6, 6.07) is 9.39. The number of β-amino-alcohol motifs (C(OH)–C–C–N with tert-alkyl or cyclic N) is 1. The van der Waals surface area contributed by atoms with Crippen LogP contribution in [0.3, 0.4) is 0 Å². The molecule has 244 valence electrons. The first kappa shape index (κ1) is 32.1. The topological polar surface area (TPSA) is 87.9 Å². The number of hydrogen-bond acceptors (Lipinski definition) is 7. The van der Waals surface area contributed by atoms with E-state index in [1.165, 1.54) is 49.6 Å². The van der Waals surface area contributed by atoms with Crippen LogP contribution in [0.1, 0.15) is 57.7 Å². The highest BCUT2D eigenvalue weighted by atomic mass is 32.1. The number of likely N-dealkylation sites (tertiary alicyclic amines) is 1. The molecule has 6 rings (SSSR count). The van der Waals surface area contributed by atoms with Crippen molar-refractivity contribution in [3.63, 3.8) is 0 Å². The van der Waals surface area contributed by atoms with Crippen LogP contribution in [0.25, 0.3) is 21.3 Å². The van der Waals surface area contributed by atoms with Gasteiger partial charge >= 0.3 is 12.1 Å². The summed E-state index contributed by atoms with van der Waals surface area (Å²) in [5.74, 6) is -0.808. The third-order valence-electron chi connectivity index (χ3n) is 8.97. The lowest BCUT2D eigenvalue weighted by Crippen LogP contribution is -2.40. The molecule has 0 aliphatic carbocycles. The Morgan fingerprint density at radius 3 is 2.46 bits per heavy atom. The van der Waals surface area contributed by atoms with Crippen LogP contribution in [-0.2, 0) is 35.2 Å². The number of piperidine rings is 1. The normalized spacial score (nSPS) is 16.9. The summed E-state index contributed by atoms with van der Waals surface area (Å²) in [5.41, 5.74) is 2.80. The van der Waals surface area contributed by atoms with Crippen LogP contribution < -0.4 is 0 Å². The molecule has 4 aromatic rings. The van der Waals surface area contributed by atoms with E-state index >= 15 is 0 Å². The average Bonchev–Trinajstić information content (AvgIpc) is 3.58. The predicted octanol–water partition coefficient (Wildman–Crippen LogP) is 5.85. The van der Waals surface area contributed by atoms with E-state index in [0.29, 0.717) is 60.0 Å². The van der Waals surface area contributed by atoms with Gasteiger partial charge in [-0.15, -0.1) is 11.3 Å². The lowest BCUT2D eigenvalue weighted by Gasteiger charge is -2.33. The van der Waals surface area contributed by atoms with Crippen molar-refractivity contribution in [2.45, 2.75) is 57.5 Å². The second-order valence-electron chi connectivity index (χ2n) is 11.9. The van der Waals surface area contributed by atoms with Crippen molar-refractivity contribution >= 4 is 33.3 Å². The minimum absolute atomic E-state index is 0.0790. The van der Waals surface area contributed by atoms with Gasteiger partial charge in [-0.2, -0.15) is 18.3 Å². The maximum absolute atomic E-state index is 13.9. The second-order valence-corrected chi connectivity index (χ2v) is 13.0. The van der Waals surface area contributed by atoms with Gasteiger partial charge in [0.25, 0.3) is 0 Å². The number of nitrogens with zero attached hydrogens (tertiary/aromatic N) is 4. The van der Waals surface area contributed by atoms with Crippen molar-refractivity contribution in [3.05, 3.63) is 75.5 Å². The van der Waals surface area contributed by atoms with Crippen molar-refractivity contribution in [2.24, 2.45) is 0 Å². The molecule has 1 fully saturated rings. The Morgan fingerprint density at radius 2 is 1.80 bits per heavy atom. The van der Waals surface area contributed by atoms with Gasteiger partial charge in [-0.05, 0) is 67.1 Å². The number of ether oxygens (including phenoxy) is 1. The number of aromatic nitrogens is 2. The van der Waals surface area contributed by atoms with Crippen LogP contribution in [0.5, 0.6) is 0 Å². The Morgan fingerprint density at radius 1 is 1.09 bits per heavy atom. The Hall–Kier alpha value is -3.81. The van der Waals surface area contributed by atoms with Gasteiger partial charge in [-0.3, -0.25) is 9.48 Å². The minimum atomic E-state index is -4.46. The number of hydrogen-bond donors (Lipinski definition) is 1. The van der Waals surface area contributed by atoms with Crippen LogP contribution in [0, 0.1) is 5.82 Å². The van der Waals surface area contributed by atoms with E-state index < -0.39 is 23.8 Å². The first-order chi connectivity index (χ1) is 21.9. The molecule has 0 spiro atoms. The van der Waals surface area contributed by atoms with Crippen LogP contribution in [-0.4, -0.2) is 76.0 Å². The summed E-state index contributed by atoms with van der Waals surface area (Å²) in [4.78, 5) is 29.1. The number of benzene rings is 2. The number of esters is 1. The van der Waals surface area contributed by atoms with Crippen LogP contribution in [0.15, 0.2) is 42.5 Å². The first-order valence-electron chi connectivity index (χ1n) is 15.1. The van der Waals surface area contributed by atoms with Crippen molar-refractivity contribution in [2.75, 3.05) is 33.3 Å². The number of carbonyl (C=O) groups excluding carboxylic acids is 2. The Bertz CT molecular complexity index is 1760. The van der Waals surface area contributed by atoms with Gasteiger partial charge < -0.3 is 19.6 Å². The van der Waals surface area contributed by atoms with Crippen LogP contribution in [0.4, 0.5) is 17.6 Å². The zero-order valence-electron chi connectivity index (χ0n) is 25.4. The van der Waals surface area contributed by atoms with Crippen LogP contribution in [0.2, 0.25) is 0 Å². The van der Waals surface area contributed by atoms with Gasteiger partial charge in [-0.25, -0.2) is 9.18 Å². The summed E-state index contributed by atoms with van der Waals surface area (Å²) < 4.78 is 60.9. The summed E-state index contributed by atoms with van der Waals surface area (Å²) in [5, 5.41) is 16.8. The molecule has 0 bridgehead atoms. The number of aliphatic hydroxyl groups is 1. The smallest absolute Gasteiger partial charge is 0.416 e. The van der Waals surface area contributed by atoms with Gasteiger partial charge in [0.2, 0.25) is 5.91 Å². The highest BCUT2D eigenvalue weighted by Gasteiger charge is 2.33. The molecule has 0 radical (unpaired) electrons. The van der Waals surface area contributed by atoms with Crippen molar-refractivity contribution in [1.29, 1.82) is 0 Å². The molecule has 1 unspecified atom stereocenters. The van der Waals surface area contributed by atoms with Gasteiger partial charge in [0.1, 0.15) is 10.7 Å². The van der Waals surface area contributed by atoms with Crippen LogP contribution >= 0.6 is 11.3 Å². The monoisotopic (exact) mass is 658 g/mol. The third-order valence-corrected chi connectivity index (χ3v) is 10.1. The molecule has 1 saturated heterocycles. The first-order valence-corrected chi connectivity index (χ1v) is 16.0. The van der Waals surface area contributed by atoms with E-state index in [1.807, 2.05) is 0 Å². The maximum Gasteiger partial charge on any atom is 0.416 e. The Labute approximate surface area is 267 Å². The molecule has 8 nitrogen and oxygen atoms in total. The summed E-state index contributed by atoms with van der Waals surface area (Å²) >= 11 is 1.24. The summed E-state index contributed by atoms with van der Waals surface area (Å²) in [6.45, 7) is 4.21. The number of halogens is 4. The standard InChI is InChI=1S/C33H34F4N4O4S/c1-19(42)40-14-11-27-26(18-40)30(21-3-5-22(6-4-21)33(35,36)37)38-41(27)17-24(43)16-39-12-9-20(10-13-39)29-25-8-7-23(34)15-28(25)46-31(29)32(44)45-2/h3-8,15,20,24,43H,9-14,16-18H2,1-2H3. The predicted molar refractivity (Wildman–Crippen MR) is 165 cm³/mol. The zero-order valence-corrected chi connectivity index (χ0v) is 26.3. The minimum Gasteiger partial charge on any atom is -0.465 e. The number of rotatable bonds is 7. The zero-order chi connectivity index (χ0) is 32.7. The molecule has 1 N–H and O–H groups in total. The van der Waals surface area contributed by atoms with E-state index in [0.717, 1.165) is 47.2 Å². The molecule has 2 aromatic heterocycles. The van der Waals surface area contributed by atoms with E-state index in [1.54, 1.807) is 15.6 Å². The number of alkyl halides is 3. The number of amides is 1. The SMILES string of the molecule is COC(=O)c1sc2cc(F)ccc2c1C1CCN(CC(O)Cn2nc(-c3ccc(C(F)(F)F)cc3)c3c2CCN(C(C)=O)C3)CC1. The van der Waals surface area contributed by atoms with E-state index in [9.17, 15) is 32.3 Å². The molecule has 2 aliphatic heterocycles. The molecule has 13 heteroatoms. The lowest BCUT2D eigenvalue weighted by atomic mass is 9.87. The summed E-state index contributed by atoms with van der Waals surface area (Å²) in [7, 11) is 1.34. The molecule has 46 heavy (non-hydrogen) atoms. The van der Waals surface area contributed by atoms with Gasteiger partial charge in [0, 0.05) is 54.5 Å². The second kappa shape index (κ2) is 12.8.